The fraction of sp³-hybridized carbons (Fsp3) is 0.609. The third-order valence-corrected chi connectivity index (χ3v) is 6.32. The molecule has 0 spiro atoms. The van der Waals surface area contributed by atoms with Gasteiger partial charge in [-0.05, 0) is 33.6 Å². The number of likely N-dealkylation sites (tertiary alicyclic amines) is 1. The van der Waals surface area contributed by atoms with Crippen molar-refractivity contribution in [2.24, 2.45) is 5.73 Å². The molecule has 5 rings (SSSR count). The smallest absolute Gasteiger partial charge is 0.242 e. The van der Waals surface area contributed by atoms with Gasteiger partial charge >= 0.3 is 0 Å². The molecule has 0 bridgehead atoms. The minimum absolute atomic E-state index is 0.000377. The quantitative estimate of drug-likeness (QED) is 0.640. The number of hydrogen-bond acceptors (Lipinski definition) is 10. The molecule has 2 aromatic heterocycles. The highest BCUT2D eigenvalue weighted by Gasteiger charge is 2.46. The lowest BCUT2D eigenvalue weighted by Crippen LogP contribution is -2.53. The average molecular weight is 476 g/mol. The maximum atomic E-state index is 13.0. The maximum absolute atomic E-state index is 13.0. The highest BCUT2D eigenvalue weighted by Crippen LogP contribution is 2.41. The first kappa shape index (κ1) is 15.0. The van der Waals surface area contributed by atoms with E-state index in [4.69, 9.17) is 22.4 Å². The molecular formula is C23H33N9O2. The van der Waals surface area contributed by atoms with Crippen LogP contribution in [0.25, 0.3) is 11.3 Å². The van der Waals surface area contributed by atoms with Gasteiger partial charge in [0.1, 0.15) is 5.82 Å². The Morgan fingerprint density at radius 3 is 2.59 bits per heavy atom. The lowest BCUT2D eigenvalue weighted by molar-refractivity contribution is -0.134. The van der Waals surface area contributed by atoms with Gasteiger partial charge in [0.2, 0.25) is 17.8 Å². The number of ether oxygens (including phenoxy) is 1. The topological polar surface area (TPSA) is 140 Å². The molecule has 1 atom stereocenters. The Labute approximate surface area is 210 Å². The van der Waals surface area contributed by atoms with Crippen LogP contribution in [0.15, 0.2) is 12.4 Å². The van der Waals surface area contributed by atoms with Gasteiger partial charge in [0.05, 0.1) is 40.9 Å². The number of aromatic nitrogens is 4. The molecule has 5 heterocycles. The first-order chi connectivity index (χ1) is 19.1. The van der Waals surface area contributed by atoms with Crippen LogP contribution in [-0.4, -0.2) is 87.6 Å². The van der Waals surface area contributed by atoms with Crippen molar-refractivity contribution < 1.29 is 20.5 Å². The van der Waals surface area contributed by atoms with Gasteiger partial charge in [-0.15, -0.1) is 0 Å². The van der Waals surface area contributed by atoms with Gasteiger partial charge in [-0.3, -0.25) is 4.79 Å². The number of anilines is 3. The summed E-state index contributed by atoms with van der Waals surface area (Å²) in [6, 6.07) is 0. The number of nitrogens with zero attached hydrogens (tertiary/aromatic N) is 7. The Hall–Kier alpha value is -3.05. The number of morpholine rings is 1. The lowest BCUT2D eigenvalue weighted by Gasteiger charge is -2.38. The minimum atomic E-state index is -3.29. The molecule has 1 amide bonds. The molecule has 2 saturated heterocycles. The number of carbonyl (C=O) groups excluding carboxylic acids is 1. The van der Waals surface area contributed by atoms with Crippen molar-refractivity contribution in [2.45, 2.75) is 44.7 Å². The van der Waals surface area contributed by atoms with Crippen LogP contribution in [0.2, 0.25) is 0 Å². The fourth-order valence-corrected chi connectivity index (χ4v) is 4.60. The second-order valence-electron chi connectivity index (χ2n) is 9.47. The van der Waals surface area contributed by atoms with E-state index in [0.717, 1.165) is 0 Å². The Balaban J connectivity index is 1.68. The van der Waals surface area contributed by atoms with Crippen molar-refractivity contribution in [3.8, 4) is 11.3 Å². The van der Waals surface area contributed by atoms with E-state index in [2.05, 4.69) is 24.7 Å². The standard InChI is InChI=1S/C23H33N9O2/c1-22(2,25)19(33)31-7-5-23(3,14-31)32-6-4-16-17(15-12-26-20(24)27-13-15)28-21(29-18(16)32)30-8-10-34-11-9-30/h12-13H,4-11,14,25H2,1-3H3,(H2,24,26,27)/t23-/m0/s1/i8D2,9D2,10D2,11D2. The summed E-state index contributed by atoms with van der Waals surface area (Å²) in [6.07, 6.45) is 3.79. The van der Waals surface area contributed by atoms with Gasteiger partial charge in [-0.25, -0.2) is 15.0 Å². The number of nitrogen functional groups attached to an aromatic ring is 1. The Bertz CT molecular complexity index is 1390. The molecule has 0 radical (unpaired) electrons. The summed E-state index contributed by atoms with van der Waals surface area (Å²) in [5, 5.41) is 0. The van der Waals surface area contributed by atoms with Crippen molar-refractivity contribution in [3.63, 3.8) is 0 Å². The number of fused-ring (bicyclic) bond motifs is 1. The normalized spacial score (nSPS) is 32.3. The van der Waals surface area contributed by atoms with E-state index < -0.39 is 43.1 Å². The molecule has 0 aromatic carbocycles. The highest BCUT2D eigenvalue weighted by atomic mass is 16.5. The molecule has 3 aliphatic rings. The molecule has 34 heavy (non-hydrogen) atoms. The molecule has 2 fully saturated rings. The Morgan fingerprint density at radius 1 is 1.21 bits per heavy atom. The fourth-order valence-electron chi connectivity index (χ4n) is 4.60. The second kappa shape index (κ2) is 8.31. The first-order valence-electron chi connectivity index (χ1n) is 15.0. The third kappa shape index (κ3) is 4.03. The van der Waals surface area contributed by atoms with Crippen molar-refractivity contribution in [2.75, 3.05) is 61.3 Å². The summed E-state index contributed by atoms with van der Waals surface area (Å²) >= 11 is 0. The molecule has 11 nitrogen and oxygen atoms in total. The monoisotopic (exact) mass is 475 g/mol. The average Bonchev–Trinajstić information content (AvgIpc) is 3.46. The second-order valence-corrected chi connectivity index (χ2v) is 9.47. The lowest BCUT2D eigenvalue weighted by atomic mass is 9.99. The van der Waals surface area contributed by atoms with E-state index >= 15 is 0 Å². The summed E-state index contributed by atoms with van der Waals surface area (Å²) in [6.45, 7) is -6.66. The van der Waals surface area contributed by atoms with Gasteiger partial charge < -0.3 is 30.9 Å². The SMILES string of the molecule is [2H]C1([2H])OC([2H])([2H])C([2H])([2H])N(c2nc(-c3cnc(N)nc3)c3c(n2)N([C@@]2(C)CCN(C(=O)C(C)(C)N)C2)CC3)C1([2H])[2H]. The van der Waals surface area contributed by atoms with Gasteiger partial charge in [-0.1, -0.05) is 0 Å². The van der Waals surface area contributed by atoms with Crippen LogP contribution >= 0.6 is 0 Å². The van der Waals surface area contributed by atoms with E-state index in [1.165, 1.54) is 12.4 Å². The Kier molecular flexibility index (Phi) is 3.68. The van der Waals surface area contributed by atoms with Crippen LogP contribution in [0.5, 0.6) is 0 Å². The van der Waals surface area contributed by atoms with Crippen LogP contribution in [0.4, 0.5) is 17.7 Å². The van der Waals surface area contributed by atoms with Gasteiger partial charge in [-0.2, -0.15) is 4.98 Å². The maximum Gasteiger partial charge on any atom is 0.242 e. The van der Waals surface area contributed by atoms with Gasteiger partial charge in [0.25, 0.3) is 0 Å². The molecule has 0 unspecified atom stereocenters. The molecular weight excluding hydrogens is 434 g/mol. The number of hydrogen-bond donors (Lipinski definition) is 2. The van der Waals surface area contributed by atoms with Crippen LogP contribution in [0, 0.1) is 0 Å². The van der Waals surface area contributed by atoms with Crippen molar-refractivity contribution in [1.82, 2.24) is 24.8 Å². The Morgan fingerprint density at radius 2 is 1.91 bits per heavy atom. The summed E-state index contributed by atoms with van der Waals surface area (Å²) in [5.74, 6) is -0.501. The number of amides is 1. The summed E-state index contributed by atoms with van der Waals surface area (Å²) in [4.78, 5) is 33.9. The predicted molar refractivity (Wildman–Crippen MR) is 129 cm³/mol. The minimum Gasteiger partial charge on any atom is -0.378 e. The highest BCUT2D eigenvalue weighted by molar-refractivity contribution is 5.85. The van der Waals surface area contributed by atoms with Crippen LogP contribution in [0.1, 0.15) is 43.7 Å². The number of carbonyl (C=O) groups is 1. The van der Waals surface area contributed by atoms with Crippen molar-refractivity contribution in [3.05, 3.63) is 18.0 Å². The van der Waals surface area contributed by atoms with Crippen molar-refractivity contribution in [1.29, 1.82) is 0 Å². The van der Waals surface area contributed by atoms with Crippen molar-refractivity contribution >= 4 is 23.6 Å². The predicted octanol–water partition coefficient (Wildman–Crippen LogP) is 0.443. The summed E-state index contributed by atoms with van der Waals surface area (Å²) in [7, 11) is 0. The zero-order chi connectivity index (χ0) is 31.3. The summed E-state index contributed by atoms with van der Waals surface area (Å²) < 4.78 is 71.3. The molecule has 3 aliphatic heterocycles. The van der Waals surface area contributed by atoms with E-state index in [1.54, 1.807) is 18.7 Å². The van der Waals surface area contributed by atoms with Gasteiger partial charge in [0, 0.05) is 56.1 Å². The third-order valence-electron chi connectivity index (χ3n) is 6.32. The largest absolute Gasteiger partial charge is 0.378 e. The number of nitrogens with two attached hydrogens (primary N) is 2. The molecule has 0 aliphatic carbocycles. The van der Waals surface area contributed by atoms with E-state index in [9.17, 15) is 4.79 Å². The zero-order valence-corrected chi connectivity index (χ0v) is 19.3. The molecule has 182 valence electrons. The van der Waals surface area contributed by atoms with Gasteiger partial charge in [0.15, 0.2) is 0 Å². The van der Waals surface area contributed by atoms with Crippen LogP contribution < -0.4 is 21.3 Å². The number of rotatable bonds is 4. The molecule has 11 heteroatoms. The summed E-state index contributed by atoms with van der Waals surface area (Å²) in [5.41, 5.74) is 11.3. The molecule has 2 aromatic rings. The first-order valence-corrected chi connectivity index (χ1v) is 11.0. The van der Waals surface area contributed by atoms with E-state index in [-0.39, 0.29) is 22.4 Å². The molecule has 4 N–H and O–H groups in total. The van der Waals surface area contributed by atoms with E-state index in [0.29, 0.717) is 49.4 Å². The van der Waals surface area contributed by atoms with Crippen LogP contribution in [-0.2, 0) is 16.0 Å². The zero-order valence-electron chi connectivity index (χ0n) is 27.3. The van der Waals surface area contributed by atoms with E-state index in [1.807, 2.05) is 11.8 Å². The molecule has 0 saturated carbocycles. The van der Waals surface area contributed by atoms with Crippen LogP contribution in [0.3, 0.4) is 0 Å².